The summed E-state index contributed by atoms with van der Waals surface area (Å²) in [4.78, 5) is 20.1. The molecule has 0 amide bonds. The molecule has 2 rings (SSSR count). The van der Waals surface area contributed by atoms with Crippen LogP contribution in [0.1, 0.15) is 5.69 Å². The highest BCUT2D eigenvalue weighted by Gasteiger charge is 2.06. The van der Waals surface area contributed by atoms with Gasteiger partial charge in [-0.15, -0.1) is 0 Å². The molecule has 1 aromatic carbocycles. The lowest BCUT2D eigenvalue weighted by atomic mass is 10.3. The average Bonchev–Trinajstić information content (AvgIpc) is 2.53. The van der Waals surface area contributed by atoms with E-state index >= 15 is 0 Å². The molecule has 0 saturated heterocycles. The summed E-state index contributed by atoms with van der Waals surface area (Å²) in [5, 5.41) is 3.52. The average molecular weight is 350 g/mol. The van der Waals surface area contributed by atoms with Gasteiger partial charge in [-0.05, 0) is 36.4 Å². The number of hydrogen-bond acceptors (Lipinski definition) is 5. The Hall–Kier alpha value is -2.41. The molecular weight excluding hydrogens is 338 g/mol. The molecule has 0 saturated carbocycles. The Labute approximate surface area is 129 Å². The zero-order valence-corrected chi connectivity index (χ0v) is 12.5. The fraction of sp³-hybridized carbons (Fsp3) is 0.0714. The van der Waals surface area contributed by atoms with Crippen LogP contribution in [0, 0.1) is 0 Å². The molecule has 0 bridgehead atoms. The summed E-state index contributed by atoms with van der Waals surface area (Å²) < 4.78 is 6.16. The molecule has 0 spiro atoms. The number of benzene rings is 1. The Morgan fingerprint density at radius 2 is 2.00 bits per heavy atom. The van der Waals surface area contributed by atoms with Crippen LogP contribution in [0.3, 0.4) is 0 Å². The standard InChI is InChI=1S/C14H12BrN3O3/c15-10-4-6-11(7-5-10)20-9-13(19)21-18-14(16)12-3-1-2-8-17-12/h1-8H,9H2,(H2,16,18). The van der Waals surface area contributed by atoms with Gasteiger partial charge >= 0.3 is 5.97 Å². The van der Waals surface area contributed by atoms with E-state index in [9.17, 15) is 4.79 Å². The lowest BCUT2D eigenvalue weighted by Crippen LogP contribution is -2.18. The molecule has 2 N–H and O–H groups in total. The highest BCUT2D eigenvalue weighted by molar-refractivity contribution is 9.10. The van der Waals surface area contributed by atoms with Gasteiger partial charge < -0.3 is 15.3 Å². The maximum atomic E-state index is 11.5. The minimum absolute atomic E-state index is 0.0209. The van der Waals surface area contributed by atoms with E-state index in [1.807, 2.05) is 0 Å². The Morgan fingerprint density at radius 3 is 2.67 bits per heavy atom. The van der Waals surface area contributed by atoms with E-state index in [2.05, 4.69) is 30.9 Å². The van der Waals surface area contributed by atoms with Crippen molar-refractivity contribution in [2.45, 2.75) is 0 Å². The lowest BCUT2D eigenvalue weighted by Gasteiger charge is -2.04. The Bertz CT molecular complexity index is 630. The van der Waals surface area contributed by atoms with Crippen LogP contribution < -0.4 is 10.5 Å². The van der Waals surface area contributed by atoms with Crippen molar-refractivity contribution in [2.75, 3.05) is 6.61 Å². The molecule has 0 aliphatic heterocycles. The summed E-state index contributed by atoms with van der Waals surface area (Å²) in [5.41, 5.74) is 6.06. The first-order valence-corrected chi connectivity index (χ1v) is 6.77. The van der Waals surface area contributed by atoms with Gasteiger partial charge in [0.25, 0.3) is 0 Å². The normalized spacial score (nSPS) is 11.0. The lowest BCUT2D eigenvalue weighted by molar-refractivity contribution is -0.146. The summed E-state index contributed by atoms with van der Waals surface area (Å²) in [7, 11) is 0. The molecule has 108 valence electrons. The maximum Gasteiger partial charge on any atom is 0.372 e. The summed E-state index contributed by atoms with van der Waals surface area (Å²) in [6.07, 6.45) is 1.57. The SMILES string of the molecule is N/C(=N\OC(=O)COc1ccc(Br)cc1)c1ccccn1. The second-order valence-electron chi connectivity index (χ2n) is 3.90. The third kappa shape index (κ3) is 4.88. The molecule has 2 aromatic rings. The van der Waals surface area contributed by atoms with Crippen LogP contribution in [0.25, 0.3) is 0 Å². The molecule has 1 aromatic heterocycles. The predicted molar refractivity (Wildman–Crippen MR) is 80.7 cm³/mol. The van der Waals surface area contributed by atoms with Gasteiger partial charge in [-0.3, -0.25) is 4.98 Å². The largest absolute Gasteiger partial charge is 0.482 e. The number of hydrogen-bond donors (Lipinski definition) is 1. The number of ether oxygens (including phenoxy) is 1. The minimum atomic E-state index is -0.656. The van der Waals surface area contributed by atoms with Crippen LogP contribution in [0.4, 0.5) is 0 Å². The number of halogens is 1. The molecule has 0 aliphatic rings. The second kappa shape index (κ2) is 7.39. The number of rotatable bonds is 5. The van der Waals surface area contributed by atoms with E-state index in [1.165, 1.54) is 0 Å². The summed E-state index contributed by atoms with van der Waals surface area (Å²) in [5.74, 6) is -0.0822. The molecule has 1 heterocycles. The van der Waals surface area contributed by atoms with E-state index in [0.717, 1.165) is 4.47 Å². The molecule has 0 atom stereocenters. The summed E-state index contributed by atoms with van der Waals surface area (Å²) >= 11 is 3.30. The van der Waals surface area contributed by atoms with Gasteiger partial charge in [0.2, 0.25) is 0 Å². The van der Waals surface area contributed by atoms with Crippen LogP contribution in [0.15, 0.2) is 58.3 Å². The first-order chi connectivity index (χ1) is 10.1. The third-order valence-electron chi connectivity index (χ3n) is 2.34. The van der Waals surface area contributed by atoms with E-state index in [1.54, 1.807) is 48.7 Å². The van der Waals surface area contributed by atoms with Crippen LogP contribution in [0.5, 0.6) is 5.75 Å². The number of amidine groups is 1. The number of carbonyl (C=O) groups is 1. The van der Waals surface area contributed by atoms with Crippen LogP contribution in [0.2, 0.25) is 0 Å². The molecular formula is C14H12BrN3O3. The first-order valence-electron chi connectivity index (χ1n) is 5.98. The van der Waals surface area contributed by atoms with E-state index in [4.69, 9.17) is 10.5 Å². The number of nitrogens with zero attached hydrogens (tertiary/aromatic N) is 2. The first kappa shape index (κ1) is 15.0. The van der Waals surface area contributed by atoms with E-state index < -0.39 is 5.97 Å². The van der Waals surface area contributed by atoms with Gasteiger partial charge in [0.15, 0.2) is 12.4 Å². The molecule has 6 nitrogen and oxygen atoms in total. The highest BCUT2D eigenvalue weighted by atomic mass is 79.9. The zero-order chi connectivity index (χ0) is 15.1. The van der Waals surface area contributed by atoms with Crippen molar-refractivity contribution in [3.05, 3.63) is 58.8 Å². The Kier molecular flexibility index (Phi) is 5.28. The topological polar surface area (TPSA) is 86.8 Å². The third-order valence-corrected chi connectivity index (χ3v) is 2.87. The smallest absolute Gasteiger partial charge is 0.372 e. The number of oxime groups is 1. The van der Waals surface area contributed by atoms with Gasteiger partial charge in [0, 0.05) is 10.7 Å². The number of aromatic nitrogens is 1. The van der Waals surface area contributed by atoms with Crippen molar-refractivity contribution in [2.24, 2.45) is 10.9 Å². The number of pyridine rings is 1. The van der Waals surface area contributed by atoms with Crippen molar-refractivity contribution in [1.82, 2.24) is 4.98 Å². The van der Waals surface area contributed by atoms with Crippen LogP contribution >= 0.6 is 15.9 Å². The monoisotopic (exact) mass is 349 g/mol. The van der Waals surface area contributed by atoms with Gasteiger partial charge in [-0.25, -0.2) is 4.79 Å². The van der Waals surface area contributed by atoms with Gasteiger partial charge in [-0.1, -0.05) is 27.2 Å². The number of nitrogens with two attached hydrogens (primary N) is 1. The second-order valence-corrected chi connectivity index (χ2v) is 4.81. The van der Waals surface area contributed by atoms with E-state index in [-0.39, 0.29) is 12.4 Å². The van der Waals surface area contributed by atoms with Gasteiger partial charge in [-0.2, -0.15) is 0 Å². The fourth-order valence-electron chi connectivity index (χ4n) is 1.36. The van der Waals surface area contributed by atoms with Gasteiger partial charge in [0.05, 0.1) is 0 Å². The van der Waals surface area contributed by atoms with E-state index in [0.29, 0.717) is 11.4 Å². The highest BCUT2D eigenvalue weighted by Crippen LogP contribution is 2.15. The zero-order valence-electron chi connectivity index (χ0n) is 10.9. The fourth-order valence-corrected chi connectivity index (χ4v) is 1.62. The molecule has 7 heteroatoms. The Morgan fingerprint density at radius 1 is 1.24 bits per heavy atom. The Balaban J connectivity index is 1.83. The molecule has 0 aliphatic carbocycles. The number of carbonyl (C=O) groups excluding carboxylic acids is 1. The quantitative estimate of drug-likeness (QED) is 0.386. The minimum Gasteiger partial charge on any atom is -0.482 e. The van der Waals surface area contributed by atoms with Gasteiger partial charge in [0.1, 0.15) is 11.4 Å². The van der Waals surface area contributed by atoms with Crippen LogP contribution in [-0.2, 0) is 9.63 Å². The molecule has 0 radical (unpaired) electrons. The molecule has 0 unspecified atom stereocenters. The van der Waals surface area contributed by atoms with Crippen molar-refractivity contribution in [1.29, 1.82) is 0 Å². The van der Waals surface area contributed by atoms with Crippen LogP contribution in [-0.4, -0.2) is 23.4 Å². The molecule has 0 fully saturated rings. The summed E-state index contributed by atoms with van der Waals surface area (Å²) in [6.45, 7) is -0.263. The molecule has 21 heavy (non-hydrogen) atoms. The summed E-state index contributed by atoms with van der Waals surface area (Å²) in [6, 6.07) is 12.2. The van der Waals surface area contributed by atoms with Crippen molar-refractivity contribution in [3.8, 4) is 5.75 Å². The van der Waals surface area contributed by atoms with Crippen molar-refractivity contribution >= 4 is 27.7 Å². The van der Waals surface area contributed by atoms with Crippen molar-refractivity contribution in [3.63, 3.8) is 0 Å². The van der Waals surface area contributed by atoms with Crippen molar-refractivity contribution < 1.29 is 14.4 Å². The maximum absolute atomic E-state index is 11.5. The predicted octanol–water partition coefficient (Wildman–Crippen LogP) is 2.09.